The third-order valence-electron chi connectivity index (χ3n) is 5.40. The monoisotopic (exact) mass is 376 g/mol. The summed E-state index contributed by atoms with van der Waals surface area (Å²) in [5, 5.41) is 7.91. The van der Waals surface area contributed by atoms with E-state index in [1.54, 1.807) is 18.1 Å². The highest BCUT2D eigenvalue weighted by Crippen LogP contribution is 2.45. The number of benzene rings is 1. The van der Waals surface area contributed by atoms with Crippen molar-refractivity contribution in [1.29, 1.82) is 0 Å². The van der Waals surface area contributed by atoms with Crippen molar-refractivity contribution in [3.63, 3.8) is 0 Å². The van der Waals surface area contributed by atoms with Crippen LogP contribution < -0.4 is 10.1 Å². The normalized spacial score (nSPS) is 21.1. The van der Waals surface area contributed by atoms with Crippen molar-refractivity contribution in [1.82, 2.24) is 14.8 Å². The second-order valence-corrected chi connectivity index (χ2v) is 7.13. The van der Waals surface area contributed by atoms with Crippen LogP contribution in [-0.2, 0) is 4.79 Å². The van der Waals surface area contributed by atoms with Gasteiger partial charge >= 0.3 is 0 Å². The molecule has 0 saturated carbocycles. The molecular formula is C21H20N4O3. The number of allylic oxidation sites excluding steroid dienone is 2. The molecule has 7 nitrogen and oxygen atoms in total. The van der Waals surface area contributed by atoms with Gasteiger partial charge in [0, 0.05) is 29.2 Å². The number of aromatic nitrogens is 3. The Morgan fingerprint density at radius 1 is 1.21 bits per heavy atom. The molecule has 0 amide bonds. The van der Waals surface area contributed by atoms with Crippen LogP contribution in [0, 0.1) is 6.92 Å². The second-order valence-electron chi connectivity index (χ2n) is 7.13. The van der Waals surface area contributed by atoms with E-state index in [0.29, 0.717) is 24.6 Å². The average Bonchev–Trinajstić information content (AvgIpc) is 3.35. The van der Waals surface area contributed by atoms with Gasteiger partial charge in [-0.1, -0.05) is 18.2 Å². The summed E-state index contributed by atoms with van der Waals surface area (Å²) >= 11 is 0. The summed E-state index contributed by atoms with van der Waals surface area (Å²) in [5.74, 6) is 2.95. The number of carbonyl (C=O) groups excluding carboxylic acids is 1. The molecule has 2 aliphatic rings. The lowest BCUT2D eigenvalue weighted by Crippen LogP contribution is -2.33. The molecule has 5 rings (SSSR count). The molecule has 3 aromatic rings. The molecule has 0 unspecified atom stereocenters. The van der Waals surface area contributed by atoms with Gasteiger partial charge in [0.05, 0.1) is 13.4 Å². The second kappa shape index (κ2) is 6.37. The number of nitrogens with zero attached hydrogens (tertiary/aromatic N) is 3. The number of methoxy groups -OCH3 is 1. The minimum absolute atomic E-state index is 0.0163. The topological polar surface area (TPSA) is 82.2 Å². The van der Waals surface area contributed by atoms with Gasteiger partial charge in [-0.05, 0) is 31.5 Å². The molecule has 1 N–H and O–H groups in total. The predicted octanol–water partition coefficient (Wildman–Crippen LogP) is 3.60. The van der Waals surface area contributed by atoms with Crippen LogP contribution >= 0.6 is 0 Å². The van der Waals surface area contributed by atoms with Crippen molar-refractivity contribution in [2.75, 3.05) is 12.4 Å². The highest BCUT2D eigenvalue weighted by atomic mass is 16.5. The fourth-order valence-electron chi connectivity index (χ4n) is 4.22. The van der Waals surface area contributed by atoms with Crippen LogP contribution in [0.5, 0.6) is 5.75 Å². The van der Waals surface area contributed by atoms with Crippen molar-refractivity contribution < 1.29 is 13.9 Å². The van der Waals surface area contributed by atoms with Crippen molar-refractivity contribution in [3.05, 3.63) is 71.1 Å². The third kappa shape index (κ3) is 2.54. The lowest BCUT2D eigenvalue weighted by molar-refractivity contribution is -0.117. The molecule has 2 atom stereocenters. The first-order valence-corrected chi connectivity index (χ1v) is 9.28. The van der Waals surface area contributed by atoms with Gasteiger partial charge in [0.1, 0.15) is 23.4 Å². The molecule has 7 heteroatoms. The first kappa shape index (κ1) is 16.8. The lowest BCUT2D eigenvalue weighted by atomic mass is 9.79. The van der Waals surface area contributed by atoms with Crippen molar-refractivity contribution >= 4 is 11.7 Å². The molecule has 1 aliphatic heterocycles. The molecule has 0 radical (unpaired) electrons. The number of para-hydroxylation sites is 1. The van der Waals surface area contributed by atoms with Gasteiger partial charge < -0.3 is 14.5 Å². The Hall–Kier alpha value is -3.35. The molecule has 0 spiro atoms. The maximum atomic E-state index is 13.3. The number of Topliss-reactive ketones (excluding diaryl/α,β-unsaturated/α-hetero) is 1. The summed E-state index contributed by atoms with van der Waals surface area (Å²) in [6.45, 7) is 1.85. The van der Waals surface area contributed by atoms with Gasteiger partial charge in [-0.2, -0.15) is 10.1 Å². The van der Waals surface area contributed by atoms with Crippen LogP contribution in [0.4, 0.5) is 5.95 Å². The molecule has 0 saturated heterocycles. The van der Waals surface area contributed by atoms with E-state index in [2.05, 4.69) is 15.4 Å². The summed E-state index contributed by atoms with van der Waals surface area (Å²) < 4.78 is 12.9. The van der Waals surface area contributed by atoms with E-state index in [-0.39, 0.29) is 17.7 Å². The summed E-state index contributed by atoms with van der Waals surface area (Å²) in [5.41, 5.74) is 2.51. The molecular weight excluding hydrogens is 356 g/mol. The largest absolute Gasteiger partial charge is 0.496 e. The number of anilines is 1. The van der Waals surface area contributed by atoms with E-state index in [1.807, 2.05) is 43.3 Å². The Morgan fingerprint density at radius 2 is 2.07 bits per heavy atom. The number of nitrogens with one attached hydrogen (secondary N) is 1. The van der Waals surface area contributed by atoms with Crippen LogP contribution in [0.2, 0.25) is 0 Å². The number of carbonyl (C=O) groups is 1. The van der Waals surface area contributed by atoms with Gasteiger partial charge in [0.15, 0.2) is 5.78 Å². The van der Waals surface area contributed by atoms with Crippen LogP contribution in [-0.4, -0.2) is 27.7 Å². The van der Waals surface area contributed by atoms with Crippen LogP contribution in [0.25, 0.3) is 0 Å². The van der Waals surface area contributed by atoms with Gasteiger partial charge in [-0.25, -0.2) is 4.68 Å². The number of hydrogen-bond acceptors (Lipinski definition) is 6. The molecule has 0 fully saturated rings. The van der Waals surface area contributed by atoms with Gasteiger partial charge in [-0.3, -0.25) is 4.79 Å². The zero-order valence-corrected chi connectivity index (χ0v) is 15.7. The van der Waals surface area contributed by atoms with E-state index < -0.39 is 0 Å². The number of fused-ring (bicyclic) bond motifs is 1. The molecule has 3 heterocycles. The Morgan fingerprint density at radius 3 is 2.86 bits per heavy atom. The maximum absolute atomic E-state index is 13.3. The fraction of sp³-hybridized carbons (Fsp3) is 0.286. The van der Waals surface area contributed by atoms with Crippen molar-refractivity contribution in [2.45, 2.75) is 31.7 Å². The molecule has 2 aromatic heterocycles. The lowest BCUT2D eigenvalue weighted by Gasteiger charge is -2.34. The zero-order chi connectivity index (χ0) is 19.3. The number of furan rings is 1. The van der Waals surface area contributed by atoms with E-state index in [9.17, 15) is 4.79 Å². The average molecular weight is 376 g/mol. The van der Waals surface area contributed by atoms with Crippen LogP contribution in [0.1, 0.15) is 41.9 Å². The molecule has 0 bridgehead atoms. The van der Waals surface area contributed by atoms with Gasteiger partial charge in [0.2, 0.25) is 5.95 Å². The zero-order valence-electron chi connectivity index (χ0n) is 15.7. The molecule has 1 aromatic carbocycles. The third-order valence-corrected chi connectivity index (χ3v) is 5.40. The summed E-state index contributed by atoms with van der Waals surface area (Å²) in [6, 6.07) is 11.2. The van der Waals surface area contributed by atoms with E-state index in [4.69, 9.17) is 9.15 Å². The molecule has 142 valence electrons. The summed E-state index contributed by atoms with van der Waals surface area (Å²) in [6.07, 6.45) is 2.74. The minimum atomic E-state index is -0.367. The number of ether oxygens (including phenoxy) is 1. The Labute approximate surface area is 162 Å². The van der Waals surface area contributed by atoms with Gasteiger partial charge in [-0.15, -0.1) is 0 Å². The first-order chi connectivity index (χ1) is 13.7. The fourth-order valence-corrected chi connectivity index (χ4v) is 4.22. The minimum Gasteiger partial charge on any atom is -0.496 e. The molecule has 1 aliphatic carbocycles. The van der Waals surface area contributed by atoms with Crippen LogP contribution in [0.3, 0.4) is 0 Å². The number of hydrogen-bond donors (Lipinski definition) is 1. The summed E-state index contributed by atoms with van der Waals surface area (Å²) in [7, 11) is 1.64. The Balaban J connectivity index is 1.66. The summed E-state index contributed by atoms with van der Waals surface area (Å²) in [4.78, 5) is 17.8. The van der Waals surface area contributed by atoms with Crippen molar-refractivity contribution in [3.8, 4) is 5.75 Å². The first-order valence-electron chi connectivity index (χ1n) is 9.28. The maximum Gasteiger partial charge on any atom is 0.226 e. The van der Waals surface area contributed by atoms with Gasteiger partial charge in [0.25, 0.3) is 0 Å². The van der Waals surface area contributed by atoms with Crippen molar-refractivity contribution in [2.24, 2.45) is 0 Å². The highest BCUT2D eigenvalue weighted by molar-refractivity contribution is 6.00. The van der Waals surface area contributed by atoms with E-state index in [0.717, 1.165) is 28.3 Å². The van der Waals surface area contributed by atoms with Crippen LogP contribution in [0.15, 0.2) is 58.3 Å². The number of rotatable bonds is 3. The van der Waals surface area contributed by atoms with E-state index >= 15 is 0 Å². The Kier molecular flexibility index (Phi) is 3.82. The SMILES string of the molecule is COc1ccccc1[C@H]1C2=C(C[C@@H](c3ccco3)CC2=O)Nc2nc(C)nn21. The predicted molar refractivity (Wildman–Crippen MR) is 102 cm³/mol. The van der Waals surface area contributed by atoms with E-state index in [1.165, 1.54) is 0 Å². The Bertz CT molecular complexity index is 1080. The highest BCUT2D eigenvalue weighted by Gasteiger charge is 2.41. The number of ketones is 1. The standard InChI is InChI=1S/C21H20N4O3/c1-12-22-21-23-15-10-13(17-8-5-9-28-17)11-16(26)19(15)20(25(21)24-12)14-6-3-4-7-18(14)27-2/h3-9,13,20H,10-11H2,1-2H3,(H,22,23,24)/t13-,20+/m1/s1. The smallest absolute Gasteiger partial charge is 0.226 e. The number of aryl methyl sites for hydroxylation is 1. The quantitative estimate of drug-likeness (QED) is 0.752. The molecule has 28 heavy (non-hydrogen) atoms.